The van der Waals surface area contributed by atoms with Crippen LogP contribution in [0.3, 0.4) is 0 Å². The van der Waals surface area contributed by atoms with E-state index in [1.54, 1.807) is 0 Å². The minimum Gasteiger partial charge on any atom is -0.0654 e. The highest BCUT2D eigenvalue weighted by Gasteiger charge is 2.34. The van der Waals surface area contributed by atoms with Crippen molar-refractivity contribution in [2.24, 2.45) is 11.8 Å². The van der Waals surface area contributed by atoms with Gasteiger partial charge < -0.3 is 0 Å². The summed E-state index contributed by atoms with van der Waals surface area (Å²) in [7, 11) is 0. The van der Waals surface area contributed by atoms with Crippen LogP contribution in [0, 0.1) is 11.8 Å². The van der Waals surface area contributed by atoms with Gasteiger partial charge in [-0.3, -0.25) is 0 Å². The fraction of sp³-hybridized carbons (Fsp3) is 1.00. The molecule has 0 aromatic rings. The minimum atomic E-state index is 0.0110. The van der Waals surface area contributed by atoms with Gasteiger partial charge >= 0.3 is 0 Å². The van der Waals surface area contributed by atoms with Crippen LogP contribution in [0.1, 0.15) is 98.7 Å². The van der Waals surface area contributed by atoms with Gasteiger partial charge in [-0.05, 0) is 18.2 Å². The molecule has 1 rings (SSSR count). The molecular weight excluding hydrogens is 204 g/mol. The molecule has 1 fully saturated rings. The highest BCUT2D eigenvalue weighted by Crippen LogP contribution is 2.45. The molecule has 1 saturated carbocycles. The molecule has 0 saturated heterocycles. The van der Waals surface area contributed by atoms with Gasteiger partial charge in [0.15, 0.2) is 0 Å². The molecule has 0 aromatic heterocycles. The van der Waals surface area contributed by atoms with E-state index >= 15 is 0 Å². The van der Waals surface area contributed by atoms with Crippen molar-refractivity contribution < 1.29 is 1.37 Å². The fourth-order valence-electron chi connectivity index (χ4n) is 2.80. The summed E-state index contributed by atoms with van der Waals surface area (Å²) in [4.78, 5) is 0. The Kier molecular flexibility index (Phi) is 7.88. The molecule has 1 aliphatic carbocycles. The Bertz CT molecular complexity index is 202. The molecule has 102 valence electrons. The smallest absolute Gasteiger partial charge is 0.0306 e. The van der Waals surface area contributed by atoms with E-state index in [1.807, 2.05) is 0 Å². The molecule has 0 aliphatic heterocycles. The number of rotatable bonds is 12. The molecule has 0 amide bonds. The molecule has 0 radical (unpaired) electrons. The van der Waals surface area contributed by atoms with Crippen LogP contribution in [0.4, 0.5) is 0 Å². The number of hydrogen-bond donors (Lipinski definition) is 0. The van der Waals surface area contributed by atoms with Crippen LogP contribution < -0.4 is 0 Å². The first-order valence-electron chi connectivity index (χ1n) is 8.73. The molecule has 0 bridgehead atoms. The van der Waals surface area contributed by atoms with Gasteiger partial charge in [-0.2, -0.15) is 0 Å². The van der Waals surface area contributed by atoms with E-state index < -0.39 is 0 Å². The summed E-state index contributed by atoms with van der Waals surface area (Å²) in [6.45, 7) is 4.51. The van der Waals surface area contributed by atoms with Gasteiger partial charge in [-0.1, -0.05) is 90.9 Å². The first-order chi connectivity index (χ1) is 8.73. The number of unbranched alkanes of at least 4 members (excludes halogenated alkanes) is 8. The van der Waals surface area contributed by atoms with Crippen molar-refractivity contribution in [2.45, 2.75) is 97.3 Å². The normalized spacial score (nSPS) is 28.1. The lowest BCUT2D eigenvalue weighted by Gasteiger charge is -2.02. The molecule has 0 heterocycles. The maximum absolute atomic E-state index is 8.30. The summed E-state index contributed by atoms with van der Waals surface area (Å²) in [5, 5.41) is 0. The van der Waals surface area contributed by atoms with Crippen LogP contribution in [0.15, 0.2) is 0 Å². The minimum absolute atomic E-state index is 0.0110. The van der Waals surface area contributed by atoms with Crippen molar-refractivity contribution in [1.82, 2.24) is 0 Å². The summed E-state index contributed by atoms with van der Waals surface area (Å²) >= 11 is 0. The van der Waals surface area contributed by atoms with Crippen molar-refractivity contribution in [3.8, 4) is 0 Å². The van der Waals surface area contributed by atoms with Gasteiger partial charge in [-0.25, -0.2) is 0 Å². The van der Waals surface area contributed by atoms with Crippen molar-refractivity contribution in [1.29, 1.82) is 0 Å². The van der Waals surface area contributed by atoms with E-state index in [4.69, 9.17) is 1.37 Å². The van der Waals surface area contributed by atoms with E-state index in [0.717, 1.165) is 12.3 Å². The second-order valence-corrected chi connectivity index (χ2v) is 5.93. The van der Waals surface area contributed by atoms with Crippen LogP contribution in [-0.2, 0) is 0 Å². The third-order valence-corrected chi connectivity index (χ3v) is 4.18. The van der Waals surface area contributed by atoms with Crippen LogP contribution in [0.2, 0.25) is 0 Å². The molecule has 0 heteroatoms. The first kappa shape index (κ1) is 13.4. The lowest BCUT2D eigenvalue weighted by molar-refractivity contribution is 0.523. The van der Waals surface area contributed by atoms with Crippen molar-refractivity contribution in [2.75, 3.05) is 0 Å². The maximum Gasteiger partial charge on any atom is 0.0306 e. The van der Waals surface area contributed by atoms with Crippen molar-refractivity contribution in [3.63, 3.8) is 0 Å². The molecule has 0 nitrogen and oxygen atoms in total. The highest BCUT2D eigenvalue weighted by molar-refractivity contribution is 4.85. The van der Waals surface area contributed by atoms with Gasteiger partial charge in [-0.15, -0.1) is 0 Å². The average molecular weight is 239 g/mol. The zero-order valence-electron chi connectivity index (χ0n) is 13.3. The SMILES string of the molecule is [2H][C@]1(CCCC)C[C@H]1CCCCCCCCCC. The third kappa shape index (κ3) is 7.84. The van der Waals surface area contributed by atoms with E-state index in [2.05, 4.69) is 13.8 Å². The number of hydrogen-bond acceptors (Lipinski definition) is 0. The Morgan fingerprint density at radius 1 is 0.765 bits per heavy atom. The van der Waals surface area contributed by atoms with Gasteiger partial charge in [0.25, 0.3) is 0 Å². The summed E-state index contributed by atoms with van der Waals surface area (Å²) in [5.74, 6) is 0.765. The predicted molar refractivity (Wildman–Crippen MR) is 78.3 cm³/mol. The van der Waals surface area contributed by atoms with E-state index in [1.165, 1.54) is 77.0 Å². The molecule has 0 unspecified atom stereocenters. The van der Waals surface area contributed by atoms with E-state index in [-0.39, 0.29) is 5.89 Å². The van der Waals surface area contributed by atoms with Crippen LogP contribution in [0.25, 0.3) is 0 Å². The fourth-order valence-corrected chi connectivity index (χ4v) is 2.80. The summed E-state index contributed by atoms with van der Waals surface area (Å²) < 4.78 is 8.30. The maximum atomic E-state index is 8.30. The lowest BCUT2D eigenvalue weighted by Crippen LogP contribution is -1.86. The Hall–Kier alpha value is 0. The average Bonchev–Trinajstić information content (AvgIpc) is 3.01. The first-order valence-corrected chi connectivity index (χ1v) is 8.23. The Labute approximate surface area is 111 Å². The standard InChI is InChI=1S/C17H34/c1-3-5-7-8-9-10-11-12-14-17-15-16(17)13-6-4-2/h16-17H,3-15H2,1-2H3/t16-,17+/m0/s1/i16D. The molecule has 0 spiro atoms. The van der Waals surface area contributed by atoms with Gasteiger partial charge in [0.05, 0.1) is 0 Å². The van der Waals surface area contributed by atoms with Gasteiger partial charge in [0, 0.05) is 1.37 Å². The van der Waals surface area contributed by atoms with Crippen LogP contribution >= 0.6 is 0 Å². The molecule has 1 aliphatic rings. The van der Waals surface area contributed by atoms with Gasteiger partial charge in [0.2, 0.25) is 0 Å². The molecule has 2 atom stereocenters. The summed E-state index contributed by atoms with van der Waals surface area (Å²) in [6, 6.07) is 0. The monoisotopic (exact) mass is 239 g/mol. The zero-order valence-corrected chi connectivity index (χ0v) is 12.3. The van der Waals surface area contributed by atoms with E-state index in [0.29, 0.717) is 0 Å². The molecule has 17 heavy (non-hydrogen) atoms. The largest absolute Gasteiger partial charge is 0.0654 e. The lowest BCUT2D eigenvalue weighted by atomic mass is 10.0. The summed E-state index contributed by atoms with van der Waals surface area (Å²) in [6.07, 6.45) is 17.5. The van der Waals surface area contributed by atoms with Gasteiger partial charge in [0.1, 0.15) is 0 Å². The molecule has 0 N–H and O–H groups in total. The Balaban J connectivity index is 1.85. The van der Waals surface area contributed by atoms with Crippen molar-refractivity contribution in [3.05, 3.63) is 0 Å². The third-order valence-electron chi connectivity index (χ3n) is 4.18. The molecular formula is C17H34. The zero-order chi connectivity index (χ0) is 13.3. The quantitative estimate of drug-likeness (QED) is 0.348. The van der Waals surface area contributed by atoms with Crippen molar-refractivity contribution >= 4 is 0 Å². The highest BCUT2D eigenvalue weighted by atomic mass is 14.4. The Morgan fingerprint density at radius 3 is 2.00 bits per heavy atom. The Morgan fingerprint density at radius 2 is 1.35 bits per heavy atom. The molecule has 0 aromatic carbocycles. The second-order valence-electron chi connectivity index (χ2n) is 5.93. The van der Waals surface area contributed by atoms with E-state index in [9.17, 15) is 0 Å². The second kappa shape index (κ2) is 9.97. The topological polar surface area (TPSA) is 0 Å². The van der Waals surface area contributed by atoms with Crippen LogP contribution in [-0.4, -0.2) is 0 Å². The predicted octanol–water partition coefficient (Wildman–Crippen LogP) is 6.34. The summed E-state index contributed by atoms with van der Waals surface area (Å²) in [5.41, 5.74) is 0. The van der Waals surface area contributed by atoms with Crippen LogP contribution in [0.5, 0.6) is 0 Å².